The van der Waals surface area contributed by atoms with Crippen LogP contribution >= 0.6 is 23.8 Å². The van der Waals surface area contributed by atoms with Crippen LogP contribution in [-0.4, -0.2) is 45.8 Å². The number of carboxylic acids is 1. The Kier molecular flexibility index (Phi) is 7.19. The molecule has 0 spiro atoms. The first-order valence-electron chi connectivity index (χ1n) is 7.98. The Bertz CT molecular complexity index is 658. The summed E-state index contributed by atoms with van der Waals surface area (Å²) < 4.78 is 5.36. The Labute approximate surface area is 155 Å². The molecule has 1 aliphatic rings. The van der Waals surface area contributed by atoms with Gasteiger partial charge in [0.15, 0.2) is 5.12 Å². The van der Waals surface area contributed by atoms with E-state index in [-0.39, 0.29) is 23.6 Å². The fourth-order valence-corrected chi connectivity index (χ4v) is 4.00. The average Bonchev–Trinajstić information content (AvgIpc) is 3.06. The number of amides is 1. The highest BCUT2D eigenvalue weighted by molar-refractivity contribution is 8.13. The van der Waals surface area contributed by atoms with E-state index in [2.05, 4.69) is 0 Å². The standard InChI is InChI=1S/C17H21NO5S2/c1-11(19)25-15-9-13(23-24-2)7-8-14(15)17(22)18(10-16(20)21)12-5-3-4-6-12/h7-9,12H,3-6,10H2,1-2H3,(H,20,21). The fourth-order valence-electron chi connectivity index (χ4n) is 2.95. The van der Waals surface area contributed by atoms with E-state index in [1.807, 2.05) is 0 Å². The number of aliphatic carboxylic acids is 1. The molecule has 0 aromatic heterocycles. The van der Waals surface area contributed by atoms with Crippen molar-refractivity contribution in [3.63, 3.8) is 0 Å². The molecule has 1 saturated carbocycles. The molecule has 1 amide bonds. The average molecular weight is 383 g/mol. The number of thioether (sulfide) groups is 1. The van der Waals surface area contributed by atoms with E-state index in [0.29, 0.717) is 16.2 Å². The molecular weight excluding hydrogens is 362 g/mol. The summed E-state index contributed by atoms with van der Waals surface area (Å²) in [7, 11) is 0. The van der Waals surface area contributed by atoms with Crippen molar-refractivity contribution in [2.45, 2.75) is 43.5 Å². The Morgan fingerprint density at radius 1 is 1.28 bits per heavy atom. The van der Waals surface area contributed by atoms with Gasteiger partial charge in [-0.15, -0.1) is 0 Å². The van der Waals surface area contributed by atoms with Crippen molar-refractivity contribution in [3.8, 4) is 5.75 Å². The molecule has 6 nitrogen and oxygen atoms in total. The zero-order valence-electron chi connectivity index (χ0n) is 14.2. The third kappa shape index (κ3) is 5.40. The third-order valence-corrected chi connectivity index (χ3v) is 5.15. The minimum atomic E-state index is -1.04. The van der Waals surface area contributed by atoms with E-state index in [9.17, 15) is 19.5 Å². The molecule has 1 aliphatic carbocycles. The van der Waals surface area contributed by atoms with Gasteiger partial charge in [0.1, 0.15) is 12.3 Å². The van der Waals surface area contributed by atoms with E-state index < -0.39 is 5.97 Å². The zero-order chi connectivity index (χ0) is 18.4. The lowest BCUT2D eigenvalue weighted by Crippen LogP contribution is -2.42. The molecule has 0 radical (unpaired) electrons. The lowest BCUT2D eigenvalue weighted by molar-refractivity contribution is -0.138. The molecule has 0 atom stereocenters. The maximum atomic E-state index is 13.0. The lowest BCUT2D eigenvalue weighted by atomic mass is 10.1. The van der Waals surface area contributed by atoms with Crippen LogP contribution < -0.4 is 4.18 Å². The maximum absolute atomic E-state index is 13.0. The summed E-state index contributed by atoms with van der Waals surface area (Å²) in [6.45, 7) is 1.09. The highest BCUT2D eigenvalue weighted by Gasteiger charge is 2.30. The molecule has 1 aromatic carbocycles. The molecule has 8 heteroatoms. The molecule has 25 heavy (non-hydrogen) atoms. The van der Waals surface area contributed by atoms with Crippen LogP contribution in [0.3, 0.4) is 0 Å². The number of nitrogens with zero attached hydrogens (tertiary/aromatic N) is 1. The van der Waals surface area contributed by atoms with Gasteiger partial charge < -0.3 is 14.2 Å². The van der Waals surface area contributed by atoms with Crippen LogP contribution in [0.1, 0.15) is 43.0 Å². The van der Waals surface area contributed by atoms with Crippen LogP contribution in [0.15, 0.2) is 23.1 Å². The third-order valence-electron chi connectivity index (χ3n) is 3.95. The first-order chi connectivity index (χ1) is 11.9. The van der Waals surface area contributed by atoms with Gasteiger partial charge in [0.05, 0.1) is 17.6 Å². The van der Waals surface area contributed by atoms with Gasteiger partial charge in [-0.2, -0.15) is 0 Å². The molecule has 1 fully saturated rings. The van der Waals surface area contributed by atoms with Crippen molar-refractivity contribution in [2.75, 3.05) is 12.8 Å². The van der Waals surface area contributed by atoms with Crippen molar-refractivity contribution < 1.29 is 23.7 Å². The second-order valence-corrected chi connectivity index (χ2v) is 7.49. The van der Waals surface area contributed by atoms with E-state index in [1.54, 1.807) is 24.5 Å². The second kappa shape index (κ2) is 9.15. The Morgan fingerprint density at radius 2 is 1.96 bits per heavy atom. The van der Waals surface area contributed by atoms with E-state index in [0.717, 1.165) is 49.5 Å². The monoisotopic (exact) mass is 383 g/mol. The molecule has 2 rings (SSSR count). The van der Waals surface area contributed by atoms with Gasteiger partial charge in [-0.1, -0.05) is 24.6 Å². The van der Waals surface area contributed by atoms with Gasteiger partial charge in [-0.3, -0.25) is 14.4 Å². The number of rotatable bonds is 7. The van der Waals surface area contributed by atoms with Crippen molar-refractivity contribution in [3.05, 3.63) is 23.8 Å². The summed E-state index contributed by atoms with van der Waals surface area (Å²) in [5.41, 5.74) is 0.335. The molecule has 1 aromatic rings. The number of carboxylic acid groups (broad SMARTS) is 1. The van der Waals surface area contributed by atoms with Crippen molar-refractivity contribution >= 4 is 40.8 Å². The molecule has 1 N–H and O–H groups in total. The highest BCUT2D eigenvalue weighted by Crippen LogP contribution is 2.32. The number of hydrogen-bond donors (Lipinski definition) is 1. The number of hydrogen-bond acceptors (Lipinski definition) is 6. The topological polar surface area (TPSA) is 83.9 Å². The van der Waals surface area contributed by atoms with Crippen LogP contribution in [0, 0.1) is 0 Å². The lowest BCUT2D eigenvalue weighted by Gasteiger charge is -2.28. The predicted molar refractivity (Wildman–Crippen MR) is 98.1 cm³/mol. The number of benzene rings is 1. The normalized spacial score (nSPS) is 14.3. The van der Waals surface area contributed by atoms with E-state index >= 15 is 0 Å². The zero-order valence-corrected chi connectivity index (χ0v) is 15.8. The number of carbonyl (C=O) groups excluding carboxylic acids is 2. The fraction of sp³-hybridized carbons (Fsp3) is 0.471. The quantitative estimate of drug-likeness (QED) is 0.570. The molecule has 0 unspecified atom stereocenters. The van der Waals surface area contributed by atoms with Crippen molar-refractivity contribution in [1.29, 1.82) is 0 Å². The van der Waals surface area contributed by atoms with Gasteiger partial charge in [0.2, 0.25) is 0 Å². The molecular formula is C17H21NO5S2. The predicted octanol–water partition coefficient (Wildman–Crippen LogP) is 3.45. The highest BCUT2D eigenvalue weighted by atomic mass is 32.2. The minimum Gasteiger partial charge on any atom is -0.480 e. The SMILES string of the molecule is CSOc1ccc(C(=O)N(CC(=O)O)C2CCCC2)c(SC(C)=O)c1. The van der Waals surface area contributed by atoms with Gasteiger partial charge in [0.25, 0.3) is 5.91 Å². The molecule has 0 aliphatic heterocycles. The van der Waals surface area contributed by atoms with Crippen LogP contribution in [0.5, 0.6) is 5.75 Å². The van der Waals surface area contributed by atoms with Crippen molar-refractivity contribution in [1.82, 2.24) is 4.90 Å². The van der Waals surface area contributed by atoms with Gasteiger partial charge in [0, 0.05) is 24.1 Å². The van der Waals surface area contributed by atoms with Crippen molar-refractivity contribution in [2.24, 2.45) is 0 Å². The molecule has 0 saturated heterocycles. The Morgan fingerprint density at radius 3 is 2.52 bits per heavy atom. The number of carbonyl (C=O) groups is 3. The Balaban J connectivity index is 2.36. The summed E-state index contributed by atoms with van der Waals surface area (Å²) in [6, 6.07) is 4.83. The van der Waals surface area contributed by atoms with Crippen LogP contribution in [0.2, 0.25) is 0 Å². The van der Waals surface area contributed by atoms with E-state index in [1.165, 1.54) is 11.8 Å². The van der Waals surface area contributed by atoms with Gasteiger partial charge in [-0.05, 0) is 31.0 Å². The summed E-state index contributed by atoms with van der Waals surface area (Å²) >= 11 is 2.11. The van der Waals surface area contributed by atoms with Gasteiger partial charge in [-0.25, -0.2) is 0 Å². The van der Waals surface area contributed by atoms with Gasteiger partial charge >= 0.3 is 5.97 Å². The first kappa shape index (κ1) is 19.7. The second-order valence-electron chi connectivity index (χ2n) is 5.77. The van der Waals surface area contributed by atoms with Crippen LogP contribution in [-0.2, 0) is 9.59 Å². The maximum Gasteiger partial charge on any atom is 0.323 e. The summed E-state index contributed by atoms with van der Waals surface area (Å²) in [4.78, 5) is 37.7. The largest absolute Gasteiger partial charge is 0.480 e. The first-order valence-corrected chi connectivity index (χ1v) is 9.95. The van der Waals surface area contributed by atoms with Crippen LogP contribution in [0.25, 0.3) is 0 Å². The molecule has 0 bridgehead atoms. The molecule has 0 heterocycles. The van der Waals surface area contributed by atoms with E-state index in [4.69, 9.17) is 4.18 Å². The Hall–Kier alpha value is -1.67. The summed E-state index contributed by atoms with van der Waals surface area (Å²) in [6.07, 6.45) is 5.36. The smallest absolute Gasteiger partial charge is 0.323 e. The van der Waals surface area contributed by atoms with Crippen LogP contribution in [0.4, 0.5) is 0 Å². The summed E-state index contributed by atoms with van der Waals surface area (Å²) in [5, 5.41) is 9.04. The minimum absolute atomic E-state index is 0.0686. The molecule has 136 valence electrons. The summed E-state index contributed by atoms with van der Waals surface area (Å²) in [5.74, 6) is -0.851.